The van der Waals surface area contributed by atoms with Gasteiger partial charge in [-0.2, -0.15) is 0 Å². The lowest BCUT2D eigenvalue weighted by Crippen LogP contribution is -2.31. The number of aromatic carboxylic acids is 1. The van der Waals surface area contributed by atoms with E-state index in [0.717, 1.165) is 15.9 Å². The first-order valence-electron chi connectivity index (χ1n) is 7.78. The number of aliphatic carboxylic acids is 1. The monoisotopic (exact) mass is 373 g/mol. The summed E-state index contributed by atoms with van der Waals surface area (Å²) in [6.45, 7) is 3.19. The van der Waals surface area contributed by atoms with Crippen LogP contribution in [0.1, 0.15) is 34.6 Å². The summed E-state index contributed by atoms with van der Waals surface area (Å²) in [6.07, 6.45) is 3.21. The quantitative estimate of drug-likeness (QED) is 0.704. The molecule has 3 aromatic heterocycles. The lowest BCUT2D eigenvalue weighted by molar-refractivity contribution is -0.141. The number of thiophene rings is 1. The number of fused-ring (bicyclic) bond motifs is 1. The summed E-state index contributed by atoms with van der Waals surface area (Å²) in [4.78, 5) is 45.0. The van der Waals surface area contributed by atoms with E-state index in [1.165, 1.54) is 13.1 Å². The predicted octanol–water partition coefficient (Wildman–Crippen LogP) is 2.56. The summed E-state index contributed by atoms with van der Waals surface area (Å²) < 4.78 is 1.12. The van der Waals surface area contributed by atoms with E-state index >= 15 is 0 Å². The minimum atomic E-state index is -1.16. The summed E-state index contributed by atoms with van der Waals surface area (Å²) in [7, 11) is 0. The van der Waals surface area contributed by atoms with Gasteiger partial charge in [0.15, 0.2) is 0 Å². The number of nitrogens with zero attached hydrogens (tertiary/aromatic N) is 3. The van der Waals surface area contributed by atoms with Gasteiger partial charge in [-0.25, -0.2) is 14.6 Å². The molecular weight excluding hydrogens is 358 g/mol. The molecule has 3 rings (SSSR count). The Bertz CT molecular complexity index is 1070. The van der Waals surface area contributed by atoms with Gasteiger partial charge >= 0.3 is 11.9 Å². The van der Waals surface area contributed by atoms with Crippen molar-refractivity contribution >= 4 is 33.5 Å². The number of rotatable bonds is 5. The fourth-order valence-corrected chi connectivity index (χ4v) is 3.87. The number of carboxylic acids is 2. The molecule has 0 spiro atoms. The SMILES string of the molecule is CCC(C(=O)O)n1c(-c2cccnc2)nc2sc(C(=O)O)c(C)c2c1=O. The average Bonchev–Trinajstić information content (AvgIpc) is 2.95. The van der Waals surface area contributed by atoms with Crippen molar-refractivity contribution in [2.45, 2.75) is 26.3 Å². The van der Waals surface area contributed by atoms with Gasteiger partial charge in [0.05, 0.1) is 5.39 Å². The zero-order chi connectivity index (χ0) is 19.0. The molecule has 0 bridgehead atoms. The first kappa shape index (κ1) is 17.7. The predicted molar refractivity (Wildman–Crippen MR) is 95.8 cm³/mol. The second-order valence-corrected chi connectivity index (χ2v) is 6.66. The van der Waals surface area contributed by atoms with Crippen LogP contribution < -0.4 is 5.56 Å². The number of carboxylic acid groups (broad SMARTS) is 2. The maximum Gasteiger partial charge on any atom is 0.346 e. The number of carbonyl (C=O) groups is 2. The molecular formula is C17H15N3O5S. The molecule has 0 aliphatic rings. The van der Waals surface area contributed by atoms with Crippen LogP contribution in [0.2, 0.25) is 0 Å². The summed E-state index contributed by atoms with van der Waals surface area (Å²) in [5, 5.41) is 19.0. The van der Waals surface area contributed by atoms with Crippen LogP contribution in [0.4, 0.5) is 0 Å². The molecule has 0 saturated carbocycles. The van der Waals surface area contributed by atoms with E-state index in [1.807, 2.05) is 0 Å². The fourth-order valence-electron chi connectivity index (χ4n) is 2.85. The maximum atomic E-state index is 13.1. The lowest BCUT2D eigenvalue weighted by Gasteiger charge is -2.18. The van der Waals surface area contributed by atoms with Crippen LogP contribution in [0.5, 0.6) is 0 Å². The highest BCUT2D eigenvalue weighted by molar-refractivity contribution is 7.20. The second-order valence-electron chi connectivity index (χ2n) is 5.66. The van der Waals surface area contributed by atoms with E-state index in [2.05, 4.69) is 9.97 Å². The van der Waals surface area contributed by atoms with Crippen LogP contribution in [0.15, 0.2) is 29.3 Å². The third-order valence-electron chi connectivity index (χ3n) is 4.09. The smallest absolute Gasteiger partial charge is 0.346 e. The van der Waals surface area contributed by atoms with Gasteiger partial charge in [-0.3, -0.25) is 14.3 Å². The van der Waals surface area contributed by atoms with E-state index in [9.17, 15) is 24.6 Å². The molecule has 0 aliphatic heterocycles. The molecule has 134 valence electrons. The summed E-state index contributed by atoms with van der Waals surface area (Å²) >= 11 is 0.900. The van der Waals surface area contributed by atoms with Crippen molar-refractivity contribution in [1.29, 1.82) is 0 Å². The molecule has 26 heavy (non-hydrogen) atoms. The summed E-state index contributed by atoms with van der Waals surface area (Å²) in [5.74, 6) is -2.15. The summed E-state index contributed by atoms with van der Waals surface area (Å²) in [5.41, 5.74) is 0.209. The molecule has 9 heteroatoms. The van der Waals surface area contributed by atoms with Crippen LogP contribution >= 0.6 is 11.3 Å². The van der Waals surface area contributed by atoms with Crippen LogP contribution in [-0.2, 0) is 4.79 Å². The van der Waals surface area contributed by atoms with E-state index in [4.69, 9.17) is 0 Å². The largest absolute Gasteiger partial charge is 0.480 e. The number of aromatic nitrogens is 3. The maximum absolute atomic E-state index is 13.1. The zero-order valence-corrected chi connectivity index (χ0v) is 14.8. The zero-order valence-electron chi connectivity index (χ0n) is 14.0. The van der Waals surface area contributed by atoms with Crippen molar-refractivity contribution in [2.24, 2.45) is 0 Å². The minimum Gasteiger partial charge on any atom is -0.480 e. The average molecular weight is 373 g/mol. The molecule has 0 amide bonds. The van der Waals surface area contributed by atoms with Gasteiger partial charge in [0.1, 0.15) is 21.6 Å². The third-order valence-corrected chi connectivity index (χ3v) is 5.27. The van der Waals surface area contributed by atoms with Crippen molar-refractivity contribution in [2.75, 3.05) is 0 Å². The van der Waals surface area contributed by atoms with Crippen LogP contribution in [0.25, 0.3) is 21.6 Å². The lowest BCUT2D eigenvalue weighted by atomic mass is 10.1. The van der Waals surface area contributed by atoms with Gasteiger partial charge in [0.2, 0.25) is 0 Å². The highest BCUT2D eigenvalue weighted by Crippen LogP contribution is 2.30. The van der Waals surface area contributed by atoms with Crippen molar-refractivity contribution in [3.8, 4) is 11.4 Å². The van der Waals surface area contributed by atoms with E-state index in [1.54, 1.807) is 25.3 Å². The Hall–Kier alpha value is -3.07. The molecule has 0 aromatic carbocycles. The number of pyridine rings is 1. The molecule has 3 heterocycles. The van der Waals surface area contributed by atoms with E-state index in [0.29, 0.717) is 11.1 Å². The molecule has 2 N–H and O–H groups in total. The molecule has 1 unspecified atom stereocenters. The van der Waals surface area contributed by atoms with Crippen molar-refractivity contribution < 1.29 is 19.8 Å². The van der Waals surface area contributed by atoms with Crippen molar-refractivity contribution in [1.82, 2.24) is 14.5 Å². The molecule has 0 radical (unpaired) electrons. The minimum absolute atomic E-state index is 0.0165. The number of hydrogen-bond acceptors (Lipinski definition) is 6. The molecule has 0 aliphatic carbocycles. The Morgan fingerprint density at radius 3 is 2.62 bits per heavy atom. The second kappa shape index (κ2) is 6.68. The van der Waals surface area contributed by atoms with E-state index < -0.39 is 23.5 Å². The Morgan fingerprint density at radius 1 is 1.35 bits per heavy atom. The first-order chi connectivity index (χ1) is 12.4. The summed E-state index contributed by atoms with van der Waals surface area (Å²) in [6, 6.07) is 2.20. The first-order valence-corrected chi connectivity index (χ1v) is 8.60. The highest BCUT2D eigenvalue weighted by atomic mass is 32.1. The molecule has 1 atom stereocenters. The highest BCUT2D eigenvalue weighted by Gasteiger charge is 2.27. The van der Waals surface area contributed by atoms with Gasteiger partial charge in [-0.1, -0.05) is 6.92 Å². The number of aryl methyl sites for hydroxylation is 1. The van der Waals surface area contributed by atoms with Gasteiger partial charge in [0.25, 0.3) is 5.56 Å². The Kier molecular flexibility index (Phi) is 4.56. The van der Waals surface area contributed by atoms with Crippen LogP contribution in [-0.4, -0.2) is 36.7 Å². The Balaban J connectivity index is 2.46. The van der Waals surface area contributed by atoms with Gasteiger partial charge < -0.3 is 10.2 Å². The van der Waals surface area contributed by atoms with Gasteiger partial charge in [-0.05, 0) is 31.0 Å². The Labute approximate surface area is 151 Å². The molecule has 0 saturated heterocycles. The normalized spacial score (nSPS) is 12.2. The topological polar surface area (TPSA) is 122 Å². The Morgan fingerprint density at radius 2 is 2.08 bits per heavy atom. The molecule has 3 aromatic rings. The van der Waals surface area contributed by atoms with Crippen LogP contribution in [0.3, 0.4) is 0 Å². The fraction of sp³-hybridized carbons (Fsp3) is 0.235. The van der Waals surface area contributed by atoms with Crippen molar-refractivity contribution in [3.05, 3.63) is 45.3 Å². The molecule has 0 fully saturated rings. The number of hydrogen-bond donors (Lipinski definition) is 2. The standard InChI is InChI=1S/C17H15N3O5S/c1-3-10(16(22)23)20-13(9-5-4-6-18-7-9)19-14-11(15(20)21)8(2)12(26-14)17(24)25/h4-7,10H,3H2,1-2H3,(H,22,23)(H,24,25). The van der Waals surface area contributed by atoms with Crippen molar-refractivity contribution in [3.63, 3.8) is 0 Å². The van der Waals surface area contributed by atoms with E-state index in [-0.39, 0.29) is 27.3 Å². The van der Waals surface area contributed by atoms with Crippen LogP contribution in [0, 0.1) is 6.92 Å². The van der Waals surface area contributed by atoms with Gasteiger partial charge in [0, 0.05) is 18.0 Å². The third kappa shape index (κ3) is 2.76. The van der Waals surface area contributed by atoms with Gasteiger partial charge in [-0.15, -0.1) is 11.3 Å². The molecule has 8 nitrogen and oxygen atoms in total.